The van der Waals surface area contributed by atoms with E-state index in [1.54, 1.807) is 0 Å². The van der Waals surface area contributed by atoms with Crippen LogP contribution in [0.2, 0.25) is 0 Å². The summed E-state index contributed by atoms with van der Waals surface area (Å²) >= 11 is 0. The number of rotatable bonds is 4. The minimum atomic E-state index is -0.261. The molecule has 88 valence electrons. The summed E-state index contributed by atoms with van der Waals surface area (Å²) < 4.78 is 4.64. The number of aliphatic hydroxyl groups is 1. The van der Waals surface area contributed by atoms with Gasteiger partial charge in [-0.3, -0.25) is 4.79 Å². The van der Waals surface area contributed by atoms with Crippen LogP contribution in [-0.2, 0) is 9.53 Å². The Bertz CT molecular complexity index is 208. The fourth-order valence-electron chi connectivity index (χ4n) is 1.96. The molecule has 4 heteroatoms. The summed E-state index contributed by atoms with van der Waals surface area (Å²) in [4.78, 5) is 11.1. The van der Waals surface area contributed by atoms with E-state index in [0.29, 0.717) is 6.54 Å². The minimum absolute atomic E-state index is 0.144. The molecule has 1 rings (SSSR count). The van der Waals surface area contributed by atoms with Crippen LogP contribution >= 0.6 is 0 Å². The number of nitrogens with one attached hydrogen (secondary N) is 1. The number of aliphatic hydroxyl groups excluding tert-OH is 1. The van der Waals surface area contributed by atoms with Gasteiger partial charge in [0, 0.05) is 12.6 Å². The highest BCUT2D eigenvalue weighted by atomic mass is 16.5. The predicted molar refractivity (Wildman–Crippen MR) is 57.4 cm³/mol. The van der Waals surface area contributed by atoms with Crippen LogP contribution in [0.5, 0.6) is 0 Å². The third-order valence-corrected chi connectivity index (χ3v) is 3.02. The van der Waals surface area contributed by atoms with Gasteiger partial charge in [0.05, 0.1) is 19.1 Å². The molecule has 0 aliphatic heterocycles. The average molecular weight is 215 g/mol. The van der Waals surface area contributed by atoms with Gasteiger partial charge in [-0.15, -0.1) is 0 Å². The second-order valence-electron chi connectivity index (χ2n) is 4.29. The van der Waals surface area contributed by atoms with Gasteiger partial charge in [0.25, 0.3) is 0 Å². The summed E-state index contributed by atoms with van der Waals surface area (Å²) in [5, 5.41) is 12.9. The molecule has 3 atom stereocenters. The first-order valence-electron chi connectivity index (χ1n) is 5.64. The molecule has 0 saturated heterocycles. The number of esters is 1. The van der Waals surface area contributed by atoms with Crippen molar-refractivity contribution in [3.63, 3.8) is 0 Å². The Kier molecular flexibility index (Phi) is 5.05. The molecule has 1 saturated carbocycles. The molecule has 0 aromatic carbocycles. The van der Waals surface area contributed by atoms with Crippen molar-refractivity contribution in [1.82, 2.24) is 5.32 Å². The van der Waals surface area contributed by atoms with Crippen LogP contribution in [0.3, 0.4) is 0 Å². The first-order valence-corrected chi connectivity index (χ1v) is 5.64. The second kappa shape index (κ2) is 6.08. The van der Waals surface area contributed by atoms with Gasteiger partial charge in [-0.05, 0) is 12.8 Å². The van der Waals surface area contributed by atoms with Crippen LogP contribution in [0, 0.1) is 5.92 Å². The van der Waals surface area contributed by atoms with E-state index >= 15 is 0 Å². The number of hydrogen-bond donors (Lipinski definition) is 2. The average Bonchev–Trinajstić information content (AvgIpc) is 2.26. The molecular weight excluding hydrogens is 194 g/mol. The smallest absolute Gasteiger partial charge is 0.309 e. The maximum absolute atomic E-state index is 11.1. The molecule has 2 N–H and O–H groups in total. The van der Waals surface area contributed by atoms with E-state index in [1.807, 2.05) is 6.92 Å². The number of carbonyl (C=O) groups excluding carboxylic acids is 1. The SMILES string of the molecule is COC(=O)C(C)CNC1CCCCC1O. The molecule has 4 nitrogen and oxygen atoms in total. The lowest BCUT2D eigenvalue weighted by atomic mass is 9.92. The molecule has 3 unspecified atom stereocenters. The normalized spacial score (nSPS) is 28.5. The lowest BCUT2D eigenvalue weighted by Crippen LogP contribution is -2.44. The Morgan fingerprint density at radius 2 is 2.20 bits per heavy atom. The summed E-state index contributed by atoms with van der Waals surface area (Å²) in [5.74, 6) is -0.350. The van der Waals surface area contributed by atoms with Crippen LogP contribution < -0.4 is 5.32 Å². The minimum Gasteiger partial charge on any atom is -0.469 e. The molecule has 0 aromatic heterocycles. The van der Waals surface area contributed by atoms with Crippen LogP contribution in [0.25, 0.3) is 0 Å². The molecule has 0 bridgehead atoms. The molecule has 1 aliphatic rings. The third-order valence-electron chi connectivity index (χ3n) is 3.02. The highest BCUT2D eigenvalue weighted by Crippen LogP contribution is 2.18. The van der Waals surface area contributed by atoms with Gasteiger partial charge in [0.1, 0.15) is 0 Å². The molecule has 15 heavy (non-hydrogen) atoms. The van der Waals surface area contributed by atoms with Crippen molar-refractivity contribution in [2.24, 2.45) is 5.92 Å². The van der Waals surface area contributed by atoms with Crippen molar-refractivity contribution in [1.29, 1.82) is 0 Å². The number of hydrogen-bond acceptors (Lipinski definition) is 4. The van der Waals surface area contributed by atoms with E-state index in [-0.39, 0.29) is 24.0 Å². The molecule has 1 fully saturated rings. The summed E-state index contributed by atoms with van der Waals surface area (Å²) in [7, 11) is 1.40. The Morgan fingerprint density at radius 1 is 1.53 bits per heavy atom. The molecule has 0 heterocycles. The quantitative estimate of drug-likeness (QED) is 0.677. The fraction of sp³-hybridized carbons (Fsp3) is 0.909. The zero-order valence-corrected chi connectivity index (χ0v) is 9.53. The van der Waals surface area contributed by atoms with E-state index in [0.717, 1.165) is 25.7 Å². The van der Waals surface area contributed by atoms with Gasteiger partial charge in [-0.1, -0.05) is 19.8 Å². The standard InChI is InChI=1S/C11H21NO3/c1-8(11(14)15-2)7-12-9-5-3-4-6-10(9)13/h8-10,12-13H,3-7H2,1-2H3. The molecular formula is C11H21NO3. The second-order valence-corrected chi connectivity index (χ2v) is 4.29. The topological polar surface area (TPSA) is 58.6 Å². The van der Waals surface area contributed by atoms with Gasteiger partial charge in [0.15, 0.2) is 0 Å². The van der Waals surface area contributed by atoms with E-state index in [2.05, 4.69) is 10.1 Å². The summed E-state index contributed by atoms with van der Waals surface area (Å²) in [6, 6.07) is 0.144. The molecule has 0 amide bonds. The highest BCUT2D eigenvalue weighted by molar-refractivity contribution is 5.72. The monoisotopic (exact) mass is 215 g/mol. The van der Waals surface area contributed by atoms with Crippen molar-refractivity contribution in [2.45, 2.75) is 44.8 Å². The lowest BCUT2D eigenvalue weighted by Gasteiger charge is -2.29. The summed E-state index contributed by atoms with van der Waals surface area (Å²) in [6.45, 7) is 2.41. The van der Waals surface area contributed by atoms with Crippen LogP contribution in [0.1, 0.15) is 32.6 Å². The van der Waals surface area contributed by atoms with E-state index in [4.69, 9.17) is 0 Å². The van der Waals surface area contributed by atoms with E-state index in [9.17, 15) is 9.90 Å². The Morgan fingerprint density at radius 3 is 2.80 bits per heavy atom. The van der Waals surface area contributed by atoms with Gasteiger partial charge in [0.2, 0.25) is 0 Å². The van der Waals surface area contributed by atoms with Crippen molar-refractivity contribution in [3.05, 3.63) is 0 Å². The lowest BCUT2D eigenvalue weighted by molar-refractivity contribution is -0.144. The largest absolute Gasteiger partial charge is 0.469 e. The van der Waals surface area contributed by atoms with Crippen molar-refractivity contribution in [2.75, 3.05) is 13.7 Å². The Labute approximate surface area is 91.0 Å². The van der Waals surface area contributed by atoms with Gasteiger partial charge >= 0.3 is 5.97 Å². The Hall–Kier alpha value is -0.610. The maximum atomic E-state index is 11.1. The third kappa shape index (κ3) is 3.80. The number of carbonyl (C=O) groups is 1. The van der Waals surface area contributed by atoms with Gasteiger partial charge in [-0.25, -0.2) is 0 Å². The van der Waals surface area contributed by atoms with E-state index < -0.39 is 0 Å². The highest BCUT2D eigenvalue weighted by Gasteiger charge is 2.23. The molecule has 0 spiro atoms. The van der Waals surface area contributed by atoms with Crippen molar-refractivity contribution < 1.29 is 14.6 Å². The molecule has 1 aliphatic carbocycles. The van der Waals surface area contributed by atoms with Gasteiger partial charge in [-0.2, -0.15) is 0 Å². The van der Waals surface area contributed by atoms with Crippen LogP contribution in [0.15, 0.2) is 0 Å². The first kappa shape index (κ1) is 12.5. The zero-order chi connectivity index (χ0) is 11.3. The molecule has 0 aromatic rings. The van der Waals surface area contributed by atoms with Crippen LogP contribution in [0.4, 0.5) is 0 Å². The summed E-state index contributed by atoms with van der Waals surface area (Å²) in [5.41, 5.74) is 0. The maximum Gasteiger partial charge on any atom is 0.309 e. The fourth-order valence-corrected chi connectivity index (χ4v) is 1.96. The Balaban J connectivity index is 2.26. The molecule has 0 radical (unpaired) electrons. The zero-order valence-electron chi connectivity index (χ0n) is 9.53. The summed E-state index contributed by atoms with van der Waals surface area (Å²) in [6.07, 6.45) is 3.86. The van der Waals surface area contributed by atoms with E-state index in [1.165, 1.54) is 7.11 Å². The number of methoxy groups -OCH3 is 1. The van der Waals surface area contributed by atoms with Crippen molar-refractivity contribution in [3.8, 4) is 0 Å². The first-order chi connectivity index (χ1) is 7.15. The van der Waals surface area contributed by atoms with Crippen LogP contribution in [-0.4, -0.2) is 36.9 Å². The van der Waals surface area contributed by atoms with Gasteiger partial charge < -0.3 is 15.2 Å². The van der Waals surface area contributed by atoms with Crippen molar-refractivity contribution >= 4 is 5.97 Å². The number of ether oxygens (including phenoxy) is 1. The predicted octanol–water partition coefficient (Wildman–Crippen LogP) is 0.689.